The molecule has 0 radical (unpaired) electrons. The van der Waals surface area contributed by atoms with Crippen molar-refractivity contribution in [1.82, 2.24) is 9.88 Å². The Morgan fingerprint density at radius 2 is 2.00 bits per heavy atom. The largest absolute Gasteiger partial charge is 0.479 e. The van der Waals surface area contributed by atoms with E-state index in [2.05, 4.69) is 9.88 Å². The average Bonchev–Trinajstić information content (AvgIpc) is 3.02. The number of carbonyl (C=O) groups excluding carboxylic acids is 1. The number of fused-ring (bicyclic) bond motifs is 1. The predicted molar refractivity (Wildman–Crippen MR) is 97.1 cm³/mol. The van der Waals surface area contributed by atoms with Crippen molar-refractivity contribution in [3.05, 3.63) is 16.8 Å². The maximum Gasteiger partial charge on any atom is 0.263 e. The van der Waals surface area contributed by atoms with Gasteiger partial charge in [-0.15, -0.1) is 0 Å². The predicted octanol–water partition coefficient (Wildman–Crippen LogP) is 2.56. The lowest BCUT2D eigenvalue weighted by atomic mass is 9.78. The molecular weight excluding hydrogens is 300 g/mol. The molecule has 0 bridgehead atoms. The zero-order chi connectivity index (χ0) is 17.1. The van der Waals surface area contributed by atoms with Gasteiger partial charge >= 0.3 is 0 Å². The summed E-state index contributed by atoms with van der Waals surface area (Å²) in [6, 6.07) is 0.439. The van der Waals surface area contributed by atoms with Crippen molar-refractivity contribution in [2.24, 2.45) is 5.92 Å². The van der Waals surface area contributed by atoms with Crippen LogP contribution in [0.4, 0.5) is 0 Å². The zero-order valence-electron chi connectivity index (χ0n) is 15.2. The molecule has 1 aliphatic heterocycles. The van der Waals surface area contributed by atoms with Crippen molar-refractivity contribution in [1.29, 1.82) is 0 Å². The molecule has 1 saturated carbocycles. The summed E-state index contributed by atoms with van der Waals surface area (Å²) < 4.78 is 6.04. The number of H-pyrrole nitrogens is 1. The van der Waals surface area contributed by atoms with Crippen LogP contribution in [-0.4, -0.2) is 34.5 Å². The lowest BCUT2D eigenvalue weighted by Gasteiger charge is -2.44. The van der Waals surface area contributed by atoms with E-state index in [1.165, 1.54) is 25.7 Å². The Balaban J connectivity index is 1.74. The monoisotopic (exact) mass is 330 g/mol. The third-order valence-corrected chi connectivity index (χ3v) is 5.67. The van der Waals surface area contributed by atoms with Crippen molar-refractivity contribution in [2.45, 2.75) is 71.4 Å². The van der Waals surface area contributed by atoms with Crippen LogP contribution < -0.4 is 15.3 Å². The molecule has 3 unspecified atom stereocenters. The third kappa shape index (κ3) is 3.24. The standard InChI is InChI=1S/C20H30N2O2/c1-4-16-17(5-2)21-13-19(16)24-14(3)20(23)22-12-8-10-15-9-6-7-11-18(15)22/h4-5,13-15,18,21H,6-12H2,1-3H3. The molecule has 24 heavy (non-hydrogen) atoms. The molecule has 1 saturated heterocycles. The van der Waals surface area contributed by atoms with E-state index in [1.54, 1.807) is 0 Å². The first-order valence-electron chi connectivity index (χ1n) is 9.43. The molecule has 4 nitrogen and oxygen atoms in total. The number of amides is 1. The van der Waals surface area contributed by atoms with Gasteiger partial charge in [-0.1, -0.05) is 25.0 Å². The van der Waals surface area contributed by atoms with Crippen LogP contribution in [0.1, 0.15) is 59.3 Å². The summed E-state index contributed by atoms with van der Waals surface area (Å²) in [7, 11) is 0. The molecule has 2 fully saturated rings. The Morgan fingerprint density at radius 3 is 2.75 bits per heavy atom. The fourth-order valence-electron chi connectivity index (χ4n) is 4.44. The number of hydrogen-bond donors (Lipinski definition) is 1. The fourth-order valence-corrected chi connectivity index (χ4v) is 4.44. The number of carbonyl (C=O) groups is 1. The minimum absolute atomic E-state index is 0.150. The van der Waals surface area contributed by atoms with Crippen molar-refractivity contribution in [3.8, 4) is 5.75 Å². The number of rotatable bonds is 3. The number of piperidine rings is 1. The van der Waals surface area contributed by atoms with Gasteiger partial charge in [-0.2, -0.15) is 0 Å². The second kappa shape index (κ2) is 7.45. The lowest BCUT2D eigenvalue weighted by Crippen LogP contribution is -2.53. The van der Waals surface area contributed by atoms with Gasteiger partial charge in [-0.25, -0.2) is 0 Å². The number of hydrogen-bond acceptors (Lipinski definition) is 2. The van der Waals surface area contributed by atoms with E-state index in [4.69, 9.17) is 4.74 Å². The first-order valence-corrected chi connectivity index (χ1v) is 9.43. The SMILES string of the molecule is CC=c1[nH]cc(OC(C)C(=O)N2CCCC3CCCCC32)c1=CC. The minimum atomic E-state index is -0.440. The molecule has 1 aliphatic carbocycles. The van der Waals surface area contributed by atoms with E-state index in [1.807, 2.05) is 39.1 Å². The second-order valence-electron chi connectivity index (χ2n) is 7.10. The van der Waals surface area contributed by atoms with Crippen LogP contribution in [0.2, 0.25) is 0 Å². The number of aromatic nitrogens is 1. The number of likely N-dealkylation sites (tertiary alicyclic amines) is 1. The molecule has 4 heteroatoms. The molecule has 0 aromatic carbocycles. The van der Waals surface area contributed by atoms with Crippen LogP contribution >= 0.6 is 0 Å². The van der Waals surface area contributed by atoms with Gasteiger partial charge in [-0.3, -0.25) is 4.79 Å². The fraction of sp³-hybridized carbons (Fsp3) is 0.650. The quantitative estimate of drug-likeness (QED) is 0.926. The highest BCUT2D eigenvalue weighted by molar-refractivity contribution is 5.81. The number of aromatic amines is 1. The van der Waals surface area contributed by atoms with Gasteiger partial charge in [0.2, 0.25) is 0 Å². The summed E-state index contributed by atoms with van der Waals surface area (Å²) in [6.07, 6.45) is 12.9. The summed E-state index contributed by atoms with van der Waals surface area (Å²) >= 11 is 0. The van der Waals surface area contributed by atoms with Gasteiger partial charge in [0.15, 0.2) is 6.10 Å². The molecule has 3 rings (SSSR count). The molecular formula is C20H30N2O2. The molecule has 2 heterocycles. The molecule has 0 spiro atoms. The zero-order valence-corrected chi connectivity index (χ0v) is 15.2. The third-order valence-electron chi connectivity index (χ3n) is 5.67. The van der Waals surface area contributed by atoms with Gasteiger partial charge in [-0.05, 0) is 52.4 Å². The van der Waals surface area contributed by atoms with Crippen LogP contribution in [0.3, 0.4) is 0 Å². The second-order valence-corrected chi connectivity index (χ2v) is 7.10. The number of ether oxygens (including phenoxy) is 1. The van der Waals surface area contributed by atoms with Gasteiger partial charge in [0, 0.05) is 29.4 Å². The Bertz CT molecular complexity index is 689. The smallest absolute Gasteiger partial charge is 0.263 e. The molecule has 1 amide bonds. The molecule has 3 atom stereocenters. The minimum Gasteiger partial charge on any atom is -0.479 e. The van der Waals surface area contributed by atoms with Crippen LogP contribution in [0, 0.1) is 5.92 Å². The summed E-state index contributed by atoms with van der Waals surface area (Å²) in [5.41, 5.74) is 0. The lowest BCUT2D eigenvalue weighted by molar-refractivity contribution is -0.144. The van der Waals surface area contributed by atoms with Gasteiger partial charge in [0.1, 0.15) is 5.75 Å². The Morgan fingerprint density at radius 1 is 1.25 bits per heavy atom. The molecule has 132 valence electrons. The normalized spacial score (nSPS) is 27.0. The highest BCUT2D eigenvalue weighted by Gasteiger charge is 2.37. The molecule has 1 aromatic heterocycles. The van der Waals surface area contributed by atoms with E-state index in [0.717, 1.165) is 35.7 Å². The maximum absolute atomic E-state index is 13.0. The van der Waals surface area contributed by atoms with Crippen LogP contribution in [-0.2, 0) is 4.79 Å². The van der Waals surface area contributed by atoms with E-state index in [9.17, 15) is 4.79 Å². The van der Waals surface area contributed by atoms with E-state index in [-0.39, 0.29) is 5.91 Å². The summed E-state index contributed by atoms with van der Waals surface area (Å²) in [5, 5.41) is 2.07. The van der Waals surface area contributed by atoms with Crippen LogP contribution in [0.25, 0.3) is 12.2 Å². The van der Waals surface area contributed by atoms with Gasteiger partial charge in [0.25, 0.3) is 5.91 Å². The van der Waals surface area contributed by atoms with Gasteiger partial charge in [0.05, 0.1) is 0 Å². The van der Waals surface area contributed by atoms with Crippen LogP contribution in [0.15, 0.2) is 6.20 Å². The first-order chi connectivity index (χ1) is 11.7. The topological polar surface area (TPSA) is 45.3 Å². The van der Waals surface area contributed by atoms with Crippen molar-refractivity contribution in [3.63, 3.8) is 0 Å². The Hall–Kier alpha value is -1.71. The van der Waals surface area contributed by atoms with Crippen molar-refractivity contribution < 1.29 is 9.53 Å². The van der Waals surface area contributed by atoms with Crippen molar-refractivity contribution >= 4 is 18.1 Å². The number of nitrogens with zero attached hydrogens (tertiary/aromatic N) is 1. The van der Waals surface area contributed by atoms with Crippen LogP contribution in [0.5, 0.6) is 5.75 Å². The summed E-state index contributed by atoms with van der Waals surface area (Å²) in [4.78, 5) is 18.3. The Kier molecular flexibility index (Phi) is 5.32. The van der Waals surface area contributed by atoms with E-state index < -0.39 is 6.10 Å². The molecule has 2 aliphatic rings. The maximum atomic E-state index is 13.0. The summed E-state index contributed by atoms with van der Waals surface area (Å²) in [6.45, 7) is 6.76. The highest BCUT2D eigenvalue weighted by atomic mass is 16.5. The number of nitrogens with one attached hydrogen (secondary N) is 1. The summed E-state index contributed by atoms with van der Waals surface area (Å²) in [5.74, 6) is 1.62. The Labute approximate surface area is 144 Å². The van der Waals surface area contributed by atoms with E-state index in [0.29, 0.717) is 12.0 Å². The van der Waals surface area contributed by atoms with Gasteiger partial charge < -0.3 is 14.6 Å². The average molecular weight is 330 g/mol. The first kappa shape index (κ1) is 17.1. The molecule has 1 aromatic rings. The molecule has 1 N–H and O–H groups in total. The van der Waals surface area contributed by atoms with E-state index >= 15 is 0 Å². The van der Waals surface area contributed by atoms with Crippen molar-refractivity contribution in [2.75, 3.05) is 6.54 Å². The highest BCUT2D eigenvalue weighted by Crippen LogP contribution is 2.35.